The minimum Gasteiger partial charge on any atom is -0.396 e. The highest BCUT2D eigenvalue weighted by Gasteiger charge is 2.30. The van der Waals surface area contributed by atoms with Crippen molar-refractivity contribution in [2.24, 2.45) is 0 Å². The molecule has 2 rings (SSSR count). The van der Waals surface area contributed by atoms with E-state index >= 15 is 0 Å². The molecular formula is C11H17N3O. The third-order valence-corrected chi connectivity index (χ3v) is 2.96. The SMILES string of the molecule is Nc1cccnc1NCC1(O)CCCC1. The van der Waals surface area contributed by atoms with Crippen molar-refractivity contribution >= 4 is 11.5 Å². The number of pyridine rings is 1. The minimum atomic E-state index is -0.566. The Balaban J connectivity index is 1.95. The first-order valence-corrected chi connectivity index (χ1v) is 5.36. The molecule has 1 aromatic rings. The van der Waals surface area contributed by atoms with Gasteiger partial charge >= 0.3 is 0 Å². The van der Waals surface area contributed by atoms with Crippen LogP contribution in [0.3, 0.4) is 0 Å². The molecule has 0 atom stereocenters. The molecule has 0 radical (unpaired) electrons. The average Bonchev–Trinajstić information content (AvgIpc) is 2.65. The quantitative estimate of drug-likeness (QED) is 0.700. The van der Waals surface area contributed by atoms with Gasteiger partial charge in [0.2, 0.25) is 0 Å². The molecule has 4 heteroatoms. The molecule has 0 amide bonds. The van der Waals surface area contributed by atoms with Crippen molar-refractivity contribution in [1.82, 2.24) is 4.98 Å². The number of anilines is 2. The Morgan fingerprint density at radius 3 is 2.87 bits per heavy atom. The molecule has 1 heterocycles. The third-order valence-electron chi connectivity index (χ3n) is 2.96. The number of aromatic nitrogens is 1. The molecule has 1 fully saturated rings. The fourth-order valence-electron chi connectivity index (χ4n) is 2.02. The van der Waals surface area contributed by atoms with Crippen molar-refractivity contribution in [3.8, 4) is 0 Å². The van der Waals surface area contributed by atoms with E-state index in [1.807, 2.05) is 0 Å². The lowest BCUT2D eigenvalue weighted by Gasteiger charge is -2.22. The predicted molar refractivity (Wildman–Crippen MR) is 60.6 cm³/mol. The first kappa shape index (κ1) is 10.2. The number of nitrogen functional groups attached to an aromatic ring is 1. The van der Waals surface area contributed by atoms with Crippen LogP contribution in [0.25, 0.3) is 0 Å². The standard InChI is InChI=1S/C11H17N3O/c12-9-4-3-7-13-10(9)14-8-11(15)5-1-2-6-11/h3-4,7,15H,1-2,5-6,8,12H2,(H,13,14). The van der Waals surface area contributed by atoms with Gasteiger partial charge in [0.05, 0.1) is 11.3 Å². The number of nitrogens with zero attached hydrogens (tertiary/aromatic N) is 1. The number of hydrogen-bond donors (Lipinski definition) is 3. The first-order valence-electron chi connectivity index (χ1n) is 5.36. The molecule has 1 aromatic heterocycles. The van der Waals surface area contributed by atoms with Gasteiger partial charge in [-0.3, -0.25) is 0 Å². The lowest BCUT2D eigenvalue weighted by atomic mass is 10.0. The van der Waals surface area contributed by atoms with E-state index in [1.165, 1.54) is 0 Å². The number of rotatable bonds is 3. The zero-order valence-corrected chi connectivity index (χ0v) is 8.74. The summed E-state index contributed by atoms with van der Waals surface area (Å²) in [6.07, 6.45) is 5.64. The first-order chi connectivity index (χ1) is 7.20. The molecule has 82 valence electrons. The van der Waals surface area contributed by atoms with Crippen LogP contribution in [-0.4, -0.2) is 22.2 Å². The lowest BCUT2D eigenvalue weighted by molar-refractivity contribution is 0.0614. The summed E-state index contributed by atoms with van der Waals surface area (Å²) in [5, 5.41) is 13.2. The molecule has 0 spiro atoms. The maximum absolute atomic E-state index is 10.1. The predicted octanol–water partition coefficient (Wildman–Crippen LogP) is 1.38. The van der Waals surface area contributed by atoms with E-state index < -0.39 is 5.60 Å². The van der Waals surface area contributed by atoms with Gasteiger partial charge < -0.3 is 16.2 Å². The Labute approximate surface area is 89.5 Å². The van der Waals surface area contributed by atoms with Crippen LogP contribution in [0.1, 0.15) is 25.7 Å². The number of hydrogen-bond acceptors (Lipinski definition) is 4. The van der Waals surface area contributed by atoms with Crippen molar-refractivity contribution in [3.63, 3.8) is 0 Å². The summed E-state index contributed by atoms with van der Waals surface area (Å²) in [5.41, 5.74) is 5.80. The molecule has 1 saturated carbocycles. The largest absolute Gasteiger partial charge is 0.396 e. The van der Waals surface area contributed by atoms with Gasteiger partial charge in [0, 0.05) is 12.7 Å². The van der Waals surface area contributed by atoms with Crippen LogP contribution in [0.15, 0.2) is 18.3 Å². The van der Waals surface area contributed by atoms with Crippen molar-refractivity contribution < 1.29 is 5.11 Å². The van der Waals surface area contributed by atoms with E-state index in [0.717, 1.165) is 25.7 Å². The van der Waals surface area contributed by atoms with Crippen LogP contribution in [0.2, 0.25) is 0 Å². The van der Waals surface area contributed by atoms with Crippen LogP contribution < -0.4 is 11.1 Å². The average molecular weight is 207 g/mol. The minimum absolute atomic E-state index is 0.536. The summed E-state index contributed by atoms with van der Waals surface area (Å²) in [7, 11) is 0. The normalized spacial score (nSPS) is 19.0. The third kappa shape index (κ3) is 2.39. The molecule has 4 N–H and O–H groups in total. The number of aliphatic hydroxyl groups is 1. The molecule has 1 aliphatic carbocycles. The van der Waals surface area contributed by atoms with Gasteiger partial charge in [-0.05, 0) is 25.0 Å². The van der Waals surface area contributed by atoms with E-state index in [0.29, 0.717) is 18.1 Å². The topological polar surface area (TPSA) is 71.2 Å². The number of nitrogens with one attached hydrogen (secondary N) is 1. The molecule has 4 nitrogen and oxygen atoms in total. The molecule has 0 bridgehead atoms. The summed E-state index contributed by atoms with van der Waals surface area (Å²) in [4.78, 5) is 4.12. The fraction of sp³-hybridized carbons (Fsp3) is 0.545. The Hall–Kier alpha value is -1.29. The molecule has 0 aromatic carbocycles. The monoisotopic (exact) mass is 207 g/mol. The van der Waals surface area contributed by atoms with Gasteiger partial charge in [-0.25, -0.2) is 4.98 Å². The Morgan fingerprint density at radius 2 is 2.20 bits per heavy atom. The second-order valence-corrected chi connectivity index (χ2v) is 4.23. The van der Waals surface area contributed by atoms with Crippen molar-refractivity contribution in [2.45, 2.75) is 31.3 Å². The highest BCUT2D eigenvalue weighted by atomic mass is 16.3. The van der Waals surface area contributed by atoms with Gasteiger partial charge in [0.25, 0.3) is 0 Å². The highest BCUT2D eigenvalue weighted by Crippen LogP contribution is 2.29. The van der Waals surface area contributed by atoms with Crippen molar-refractivity contribution in [1.29, 1.82) is 0 Å². The van der Waals surface area contributed by atoms with Crippen LogP contribution in [0.5, 0.6) is 0 Å². The van der Waals surface area contributed by atoms with Crippen LogP contribution in [0, 0.1) is 0 Å². The van der Waals surface area contributed by atoms with Gasteiger partial charge in [-0.15, -0.1) is 0 Å². The molecule has 0 unspecified atom stereocenters. The lowest BCUT2D eigenvalue weighted by Crippen LogP contribution is -2.33. The van der Waals surface area contributed by atoms with E-state index in [-0.39, 0.29) is 0 Å². The summed E-state index contributed by atoms with van der Waals surface area (Å²) in [6, 6.07) is 3.60. The Kier molecular flexibility index (Phi) is 2.77. The number of nitrogens with two attached hydrogens (primary N) is 1. The Bertz CT molecular complexity index is 334. The molecule has 0 aliphatic heterocycles. The second-order valence-electron chi connectivity index (χ2n) is 4.23. The molecular weight excluding hydrogens is 190 g/mol. The zero-order chi connectivity index (χ0) is 10.7. The smallest absolute Gasteiger partial charge is 0.149 e. The summed E-state index contributed by atoms with van der Waals surface area (Å²) in [6.45, 7) is 0.536. The van der Waals surface area contributed by atoms with Crippen molar-refractivity contribution in [3.05, 3.63) is 18.3 Å². The molecule has 15 heavy (non-hydrogen) atoms. The summed E-state index contributed by atoms with van der Waals surface area (Å²) in [5.74, 6) is 0.665. The fourth-order valence-corrected chi connectivity index (χ4v) is 2.02. The zero-order valence-electron chi connectivity index (χ0n) is 8.74. The van der Waals surface area contributed by atoms with Crippen LogP contribution in [-0.2, 0) is 0 Å². The Morgan fingerprint density at radius 1 is 1.47 bits per heavy atom. The van der Waals surface area contributed by atoms with E-state index in [9.17, 15) is 5.11 Å². The summed E-state index contributed by atoms with van der Waals surface area (Å²) < 4.78 is 0. The molecule has 1 aliphatic rings. The second kappa shape index (κ2) is 4.06. The van der Waals surface area contributed by atoms with Crippen LogP contribution in [0.4, 0.5) is 11.5 Å². The van der Waals surface area contributed by atoms with E-state index in [1.54, 1.807) is 18.3 Å². The highest BCUT2D eigenvalue weighted by molar-refractivity contribution is 5.60. The maximum Gasteiger partial charge on any atom is 0.149 e. The van der Waals surface area contributed by atoms with Gasteiger partial charge in [-0.1, -0.05) is 12.8 Å². The van der Waals surface area contributed by atoms with Gasteiger partial charge in [-0.2, -0.15) is 0 Å². The van der Waals surface area contributed by atoms with Gasteiger partial charge in [0.15, 0.2) is 0 Å². The summed E-state index contributed by atoms with van der Waals surface area (Å²) >= 11 is 0. The van der Waals surface area contributed by atoms with Crippen molar-refractivity contribution in [2.75, 3.05) is 17.6 Å². The van der Waals surface area contributed by atoms with E-state index in [4.69, 9.17) is 5.73 Å². The molecule has 0 saturated heterocycles. The maximum atomic E-state index is 10.1. The van der Waals surface area contributed by atoms with Gasteiger partial charge in [0.1, 0.15) is 5.82 Å². The van der Waals surface area contributed by atoms with E-state index in [2.05, 4.69) is 10.3 Å². The van der Waals surface area contributed by atoms with Crippen LogP contribution >= 0.6 is 0 Å².